The minimum Gasteiger partial charge on any atom is -0.465 e. The van der Waals surface area contributed by atoms with Crippen LogP contribution in [0.4, 0.5) is 4.39 Å². The van der Waals surface area contributed by atoms with Gasteiger partial charge in [0.15, 0.2) is 11.5 Å². The summed E-state index contributed by atoms with van der Waals surface area (Å²) in [6, 6.07) is 15.9. The van der Waals surface area contributed by atoms with Crippen LogP contribution in [0.25, 0.3) is 10.9 Å². The molecule has 0 fully saturated rings. The third kappa shape index (κ3) is 4.78. The number of ether oxygens (including phenoxy) is 3. The number of esters is 1. The Morgan fingerprint density at radius 1 is 1.03 bits per heavy atom. The molecule has 9 nitrogen and oxygen atoms in total. The number of hydrogen-bond donors (Lipinski definition) is 1. The molecule has 0 spiro atoms. The van der Waals surface area contributed by atoms with Crippen molar-refractivity contribution >= 4 is 26.9 Å². The van der Waals surface area contributed by atoms with Crippen LogP contribution in [0, 0.1) is 5.82 Å². The van der Waals surface area contributed by atoms with Crippen LogP contribution in [-0.2, 0) is 27.8 Å². The molecule has 1 aliphatic rings. The van der Waals surface area contributed by atoms with Gasteiger partial charge < -0.3 is 19.2 Å². The first-order valence-electron chi connectivity index (χ1n) is 11.1. The van der Waals surface area contributed by atoms with E-state index in [1.165, 1.54) is 48.5 Å². The van der Waals surface area contributed by atoms with Crippen molar-refractivity contribution in [2.45, 2.75) is 18.0 Å². The molecule has 11 heteroatoms. The zero-order chi connectivity index (χ0) is 26.2. The maximum atomic E-state index is 13.9. The Balaban J connectivity index is 1.60. The topological polar surface area (TPSA) is 115 Å². The number of benzene rings is 3. The quantitative estimate of drug-likeness (QED) is 0.368. The average Bonchev–Trinajstić information content (AvgIpc) is 3.35. The molecular weight excluding hydrogens is 503 g/mol. The summed E-state index contributed by atoms with van der Waals surface area (Å²) < 4.78 is 57.8. The summed E-state index contributed by atoms with van der Waals surface area (Å²) in [4.78, 5) is 27.8. The Hall–Kier alpha value is -4.22. The number of carbonyl (C=O) groups is 1. The summed E-state index contributed by atoms with van der Waals surface area (Å²) in [7, 11) is -3.18. The number of sulfonamides is 1. The van der Waals surface area contributed by atoms with Crippen molar-refractivity contribution in [2.24, 2.45) is 0 Å². The number of pyridine rings is 1. The molecule has 4 aromatic rings. The van der Waals surface area contributed by atoms with E-state index in [-0.39, 0.29) is 35.9 Å². The minimum atomic E-state index is -4.33. The van der Waals surface area contributed by atoms with E-state index in [4.69, 9.17) is 14.2 Å². The van der Waals surface area contributed by atoms with Gasteiger partial charge >= 0.3 is 5.97 Å². The van der Waals surface area contributed by atoms with E-state index in [1.807, 2.05) is 0 Å². The van der Waals surface area contributed by atoms with Gasteiger partial charge in [0.2, 0.25) is 16.8 Å². The molecule has 0 unspecified atom stereocenters. The maximum absolute atomic E-state index is 13.9. The van der Waals surface area contributed by atoms with E-state index < -0.39 is 27.4 Å². The van der Waals surface area contributed by atoms with Crippen molar-refractivity contribution < 1.29 is 31.8 Å². The lowest BCUT2D eigenvalue weighted by molar-refractivity contribution is 0.0596. The van der Waals surface area contributed by atoms with Crippen molar-refractivity contribution in [3.8, 4) is 11.5 Å². The normalized spacial score (nSPS) is 12.7. The molecule has 1 N–H and O–H groups in total. The average molecular weight is 525 g/mol. The maximum Gasteiger partial charge on any atom is 0.339 e. The summed E-state index contributed by atoms with van der Waals surface area (Å²) >= 11 is 0. The zero-order valence-electron chi connectivity index (χ0n) is 19.6. The molecule has 2 heterocycles. The van der Waals surface area contributed by atoms with Crippen LogP contribution in [0.15, 0.2) is 76.4 Å². The highest BCUT2D eigenvalue weighted by Crippen LogP contribution is 2.35. The van der Waals surface area contributed by atoms with E-state index in [0.29, 0.717) is 28.0 Å². The van der Waals surface area contributed by atoms with Crippen molar-refractivity contribution in [1.82, 2.24) is 9.29 Å². The second kappa shape index (κ2) is 9.68. The van der Waals surface area contributed by atoms with Crippen molar-refractivity contribution in [1.29, 1.82) is 0 Å². The number of H-pyrrole nitrogens is 1. The van der Waals surface area contributed by atoms with E-state index in [0.717, 1.165) is 11.4 Å². The predicted octanol–water partition coefficient (Wildman–Crippen LogP) is 3.57. The summed E-state index contributed by atoms with van der Waals surface area (Å²) in [5, 5.41) is 0.618. The molecule has 190 valence electrons. The van der Waals surface area contributed by atoms with Gasteiger partial charge in [0.25, 0.3) is 5.56 Å². The second-order valence-electron chi connectivity index (χ2n) is 8.30. The highest BCUT2D eigenvalue weighted by Gasteiger charge is 2.30. The van der Waals surface area contributed by atoms with Crippen LogP contribution in [0.3, 0.4) is 0 Å². The van der Waals surface area contributed by atoms with Crippen molar-refractivity contribution in [3.63, 3.8) is 0 Å². The molecular formula is C26H21FN2O7S. The third-order valence-corrected chi connectivity index (χ3v) is 7.79. The van der Waals surface area contributed by atoms with E-state index in [9.17, 15) is 22.4 Å². The lowest BCUT2D eigenvalue weighted by Gasteiger charge is -2.23. The van der Waals surface area contributed by atoms with Gasteiger partial charge in [0, 0.05) is 30.1 Å². The first-order valence-corrected chi connectivity index (χ1v) is 12.6. The summed E-state index contributed by atoms with van der Waals surface area (Å²) in [6.45, 7) is -0.447. The summed E-state index contributed by atoms with van der Waals surface area (Å²) in [5.74, 6) is -0.288. The molecule has 1 aliphatic heterocycles. The molecule has 0 radical (unpaired) electrons. The predicted molar refractivity (Wildman–Crippen MR) is 131 cm³/mol. The number of hydrogen-bond acceptors (Lipinski definition) is 7. The molecule has 0 atom stereocenters. The molecule has 0 saturated heterocycles. The number of halogens is 1. The van der Waals surface area contributed by atoms with E-state index >= 15 is 0 Å². The monoisotopic (exact) mass is 524 g/mol. The number of rotatable bonds is 7. The SMILES string of the molecule is COC(=O)c1ccccc1S(=O)(=O)N(Cc1ccc(F)cc1)Cc1cc2cc3c(cc2[nH]c1=O)OCO3. The highest BCUT2D eigenvalue weighted by atomic mass is 32.2. The van der Waals surface area contributed by atoms with E-state index in [2.05, 4.69) is 4.98 Å². The van der Waals surface area contributed by atoms with Gasteiger partial charge in [-0.1, -0.05) is 24.3 Å². The van der Waals surface area contributed by atoms with Gasteiger partial charge in [-0.25, -0.2) is 17.6 Å². The Bertz CT molecular complexity index is 1670. The zero-order valence-corrected chi connectivity index (χ0v) is 20.4. The highest BCUT2D eigenvalue weighted by molar-refractivity contribution is 7.89. The molecule has 37 heavy (non-hydrogen) atoms. The van der Waals surface area contributed by atoms with Gasteiger partial charge in [-0.3, -0.25) is 4.79 Å². The number of methoxy groups -OCH3 is 1. The Morgan fingerprint density at radius 3 is 2.46 bits per heavy atom. The fourth-order valence-corrected chi connectivity index (χ4v) is 5.66. The number of carbonyl (C=O) groups excluding carboxylic acids is 1. The lowest BCUT2D eigenvalue weighted by atomic mass is 10.1. The Morgan fingerprint density at radius 2 is 1.73 bits per heavy atom. The molecule has 0 amide bonds. The van der Waals surface area contributed by atoms with Crippen molar-refractivity contribution in [2.75, 3.05) is 13.9 Å². The smallest absolute Gasteiger partial charge is 0.339 e. The summed E-state index contributed by atoms with van der Waals surface area (Å²) in [6.07, 6.45) is 0. The van der Waals surface area contributed by atoms with Crippen molar-refractivity contribution in [3.05, 3.63) is 99.6 Å². The fourth-order valence-electron chi connectivity index (χ4n) is 4.08. The first-order chi connectivity index (χ1) is 17.8. The standard InChI is InChI=1S/C26H21FN2O7S/c1-34-26(31)20-4-2-3-5-24(20)37(32,33)29(13-16-6-8-19(27)9-7-16)14-18-10-17-11-22-23(36-15-35-22)12-21(17)28-25(18)30/h2-12H,13-15H2,1H3,(H,28,30). The Kier molecular flexibility index (Phi) is 6.40. The van der Waals surface area contributed by atoms with Gasteiger partial charge in [-0.2, -0.15) is 4.31 Å². The largest absolute Gasteiger partial charge is 0.465 e. The van der Waals surface area contributed by atoms with Crippen LogP contribution >= 0.6 is 0 Å². The summed E-state index contributed by atoms with van der Waals surface area (Å²) in [5.41, 5.74) is 0.511. The van der Waals surface area contributed by atoms with Gasteiger partial charge in [0.1, 0.15) is 5.82 Å². The van der Waals surface area contributed by atoms with Crippen LogP contribution in [0.2, 0.25) is 0 Å². The number of fused-ring (bicyclic) bond motifs is 2. The number of aromatic amines is 1. The lowest BCUT2D eigenvalue weighted by Crippen LogP contribution is -2.33. The second-order valence-corrected chi connectivity index (χ2v) is 10.2. The first kappa shape index (κ1) is 24.5. The molecule has 0 saturated carbocycles. The van der Waals surface area contributed by atoms with Crippen LogP contribution < -0.4 is 15.0 Å². The van der Waals surface area contributed by atoms with Crippen LogP contribution in [-0.4, -0.2) is 37.6 Å². The van der Waals surface area contributed by atoms with Gasteiger partial charge in [0.05, 0.1) is 23.1 Å². The molecule has 3 aromatic carbocycles. The molecule has 0 bridgehead atoms. The Labute approximate surface area is 211 Å². The molecule has 5 rings (SSSR count). The minimum absolute atomic E-state index is 0.0615. The van der Waals surface area contributed by atoms with Crippen LogP contribution in [0.5, 0.6) is 11.5 Å². The van der Waals surface area contributed by atoms with Gasteiger partial charge in [-0.05, 0) is 42.0 Å². The fraction of sp³-hybridized carbons (Fsp3) is 0.154. The van der Waals surface area contributed by atoms with Crippen LogP contribution in [0.1, 0.15) is 21.5 Å². The number of nitrogens with one attached hydrogen (secondary N) is 1. The third-order valence-electron chi connectivity index (χ3n) is 5.94. The molecule has 1 aromatic heterocycles. The number of nitrogens with zero attached hydrogens (tertiary/aromatic N) is 1. The number of aromatic nitrogens is 1. The van der Waals surface area contributed by atoms with E-state index in [1.54, 1.807) is 18.2 Å². The molecule has 0 aliphatic carbocycles. The van der Waals surface area contributed by atoms with Gasteiger partial charge in [-0.15, -0.1) is 0 Å².